The Bertz CT molecular complexity index is 1080. The molecule has 30 heavy (non-hydrogen) atoms. The van der Waals surface area contributed by atoms with Crippen LogP contribution in [-0.2, 0) is 21.2 Å². The van der Waals surface area contributed by atoms with Gasteiger partial charge in [-0.05, 0) is 62.1 Å². The summed E-state index contributed by atoms with van der Waals surface area (Å²) >= 11 is 0. The van der Waals surface area contributed by atoms with Crippen molar-refractivity contribution in [1.82, 2.24) is 0 Å². The Kier molecular flexibility index (Phi) is 5.36. The SMILES string of the molecule is COc1ccc(NS(=O)(=O)c2ccc3c(c2)C[C@H](C)N3C(=O)C2CCC2)cc1OC. The van der Waals surface area contributed by atoms with Crippen LogP contribution in [0, 0.1) is 5.92 Å². The van der Waals surface area contributed by atoms with Gasteiger partial charge in [0, 0.05) is 23.7 Å². The Hall–Kier alpha value is -2.74. The molecular weight excluding hydrogens is 404 g/mol. The Balaban J connectivity index is 1.59. The van der Waals surface area contributed by atoms with Gasteiger partial charge in [-0.25, -0.2) is 8.42 Å². The molecule has 2 aromatic carbocycles. The highest BCUT2D eigenvalue weighted by Gasteiger charge is 2.37. The zero-order valence-corrected chi connectivity index (χ0v) is 18.2. The van der Waals surface area contributed by atoms with Crippen LogP contribution in [0.2, 0.25) is 0 Å². The molecule has 1 heterocycles. The largest absolute Gasteiger partial charge is 0.493 e. The lowest BCUT2D eigenvalue weighted by Crippen LogP contribution is -2.42. The van der Waals surface area contributed by atoms with Crippen molar-refractivity contribution in [2.45, 2.75) is 43.5 Å². The molecule has 8 heteroatoms. The number of rotatable bonds is 6. The highest BCUT2D eigenvalue weighted by atomic mass is 32.2. The van der Waals surface area contributed by atoms with Crippen molar-refractivity contribution in [2.75, 3.05) is 23.8 Å². The second kappa shape index (κ2) is 7.83. The van der Waals surface area contributed by atoms with Crippen molar-refractivity contribution < 1.29 is 22.7 Å². The zero-order chi connectivity index (χ0) is 21.5. The van der Waals surface area contributed by atoms with Gasteiger partial charge in [-0.3, -0.25) is 9.52 Å². The van der Waals surface area contributed by atoms with E-state index in [-0.39, 0.29) is 22.8 Å². The number of carbonyl (C=O) groups excluding carboxylic acids is 1. The molecule has 1 aliphatic carbocycles. The lowest BCUT2D eigenvalue weighted by atomic mass is 9.84. The summed E-state index contributed by atoms with van der Waals surface area (Å²) in [6.45, 7) is 2.01. The van der Waals surface area contributed by atoms with E-state index in [1.165, 1.54) is 14.2 Å². The molecule has 7 nitrogen and oxygen atoms in total. The molecule has 0 spiro atoms. The van der Waals surface area contributed by atoms with Gasteiger partial charge in [0.1, 0.15) is 0 Å². The summed E-state index contributed by atoms with van der Waals surface area (Å²) in [6, 6.07) is 9.84. The van der Waals surface area contributed by atoms with Crippen molar-refractivity contribution in [3.05, 3.63) is 42.0 Å². The minimum absolute atomic E-state index is 0.0323. The molecule has 2 aliphatic rings. The monoisotopic (exact) mass is 430 g/mol. The van der Waals surface area contributed by atoms with Gasteiger partial charge in [0.2, 0.25) is 5.91 Å². The third-order valence-corrected chi connectivity index (χ3v) is 7.28. The number of methoxy groups -OCH3 is 2. The molecule has 1 aliphatic heterocycles. The highest BCUT2D eigenvalue weighted by Crippen LogP contribution is 2.38. The number of anilines is 2. The normalized spacial score (nSPS) is 18.5. The van der Waals surface area contributed by atoms with E-state index in [4.69, 9.17) is 9.47 Å². The maximum atomic E-state index is 13.0. The molecule has 1 amide bonds. The molecule has 1 fully saturated rings. The molecule has 0 bridgehead atoms. The fourth-order valence-electron chi connectivity index (χ4n) is 4.08. The fourth-order valence-corrected chi connectivity index (χ4v) is 5.18. The summed E-state index contributed by atoms with van der Waals surface area (Å²) in [5, 5.41) is 0. The lowest BCUT2D eigenvalue weighted by Gasteiger charge is -2.32. The number of fused-ring (bicyclic) bond motifs is 1. The summed E-state index contributed by atoms with van der Waals surface area (Å²) in [4.78, 5) is 14.8. The van der Waals surface area contributed by atoms with Crippen LogP contribution < -0.4 is 19.1 Å². The molecule has 0 unspecified atom stereocenters. The van der Waals surface area contributed by atoms with E-state index in [0.29, 0.717) is 23.6 Å². The van der Waals surface area contributed by atoms with E-state index >= 15 is 0 Å². The molecule has 0 radical (unpaired) electrons. The maximum absolute atomic E-state index is 13.0. The molecule has 1 atom stereocenters. The van der Waals surface area contributed by atoms with Crippen LogP contribution in [0.5, 0.6) is 11.5 Å². The number of sulfonamides is 1. The summed E-state index contributed by atoms with van der Waals surface area (Å²) in [7, 11) is -0.780. The van der Waals surface area contributed by atoms with Crippen LogP contribution in [0.25, 0.3) is 0 Å². The molecule has 2 aromatic rings. The molecule has 0 aromatic heterocycles. The minimum atomic E-state index is -3.79. The van der Waals surface area contributed by atoms with Gasteiger partial charge in [0.05, 0.1) is 24.8 Å². The highest BCUT2D eigenvalue weighted by molar-refractivity contribution is 7.92. The second-order valence-corrected chi connectivity index (χ2v) is 9.54. The first-order valence-corrected chi connectivity index (χ1v) is 11.5. The van der Waals surface area contributed by atoms with Crippen LogP contribution in [0.4, 0.5) is 11.4 Å². The lowest BCUT2D eigenvalue weighted by molar-refractivity contribution is -0.125. The first-order chi connectivity index (χ1) is 14.3. The quantitative estimate of drug-likeness (QED) is 0.757. The van der Waals surface area contributed by atoms with E-state index in [1.807, 2.05) is 11.8 Å². The smallest absolute Gasteiger partial charge is 0.261 e. The number of carbonyl (C=O) groups is 1. The maximum Gasteiger partial charge on any atom is 0.261 e. The number of nitrogens with one attached hydrogen (secondary N) is 1. The average molecular weight is 431 g/mol. The molecular formula is C22H26N2O5S. The topological polar surface area (TPSA) is 84.9 Å². The van der Waals surface area contributed by atoms with Crippen LogP contribution in [-0.4, -0.2) is 34.6 Å². The zero-order valence-electron chi connectivity index (χ0n) is 17.3. The van der Waals surface area contributed by atoms with Crippen molar-refractivity contribution in [3.63, 3.8) is 0 Å². The summed E-state index contributed by atoms with van der Waals surface area (Å²) in [5.74, 6) is 1.22. The Morgan fingerprint density at radius 3 is 2.43 bits per heavy atom. The van der Waals surface area contributed by atoms with Gasteiger partial charge in [0.15, 0.2) is 11.5 Å². The third kappa shape index (κ3) is 3.60. The van der Waals surface area contributed by atoms with Gasteiger partial charge in [-0.1, -0.05) is 6.42 Å². The molecule has 0 saturated heterocycles. The van der Waals surface area contributed by atoms with Crippen LogP contribution in [0.15, 0.2) is 41.3 Å². The van der Waals surface area contributed by atoms with Crippen LogP contribution in [0.1, 0.15) is 31.7 Å². The summed E-state index contributed by atoms with van der Waals surface area (Å²) in [5.41, 5.74) is 2.08. The fraction of sp³-hybridized carbons (Fsp3) is 0.409. The van der Waals surface area contributed by atoms with Crippen LogP contribution >= 0.6 is 0 Å². The van der Waals surface area contributed by atoms with Gasteiger partial charge in [-0.15, -0.1) is 0 Å². The van der Waals surface area contributed by atoms with E-state index in [9.17, 15) is 13.2 Å². The molecule has 1 saturated carbocycles. The molecule has 1 N–H and O–H groups in total. The van der Waals surface area contributed by atoms with Crippen molar-refractivity contribution >= 4 is 27.3 Å². The van der Waals surface area contributed by atoms with Crippen molar-refractivity contribution in [1.29, 1.82) is 0 Å². The van der Waals surface area contributed by atoms with Crippen LogP contribution in [0.3, 0.4) is 0 Å². The average Bonchev–Trinajstić information content (AvgIpc) is 3.01. The number of hydrogen-bond acceptors (Lipinski definition) is 5. The molecule has 160 valence electrons. The predicted octanol–water partition coefficient (Wildman–Crippen LogP) is 3.58. The minimum Gasteiger partial charge on any atom is -0.493 e. The van der Waals surface area contributed by atoms with Gasteiger partial charge in [-0.2, -0.15) is 0 Å². The standard InChI is InChI=1S/C22H26N2O5S/c1-14-11-16-12-18(8-9-19(16)24(14)22(25)15-5-4-6-15)30(26,27)23-17-7-10-20(28-2)21(13-17)29-3/h7-10,12-15,23H,4-6,11H2,1-3H3/t14-/m0/s1. The summed E-state index contributed by atoms with van der Waals surface area (Å²) in [6.07, 6.45) is 3.64. The number of hydrogen-bond donors (Lipinski definition) is 1. The Labute approximate surface area is 177 Å². The second-order valence-electron chi connectivity index (χ2n) is 7.85. The first-order valence-electron chi connectivity index (χ1n) is 10.0. The van der Waals surface area contributed by atoms with Gasteiger partial charge in [0.25, 0.3) is 10.0 Å². The number of amides is 1. The first kappa shape index (κ1) is 20.5. The van der Waals surface area contributed by atoms with Gasteiger partial charge < -0.3 is 14.4 Å². The number of nitrogens with zero attached hydrogens (tertiary/aromatic N) is 1. The summed E-state index contributed by atoms with van der Waals surface area (Å²) < 4.78 is 38.9. The van der Waals surface area contributed by atoms with Gasteiger partial charge >= 0.3 is 0 Å². The van der Waals surface area contributed by atoms with E-state index in [0.717, 1.165) is 30.5 Å². The van der Waals surface area contributed by atoms with Crippen molar-refractivity contribution in [3.8, 4) is 11.5 Å². The number of ether oxygens (including phenoxy) is 2. The predicted molar refractivity (Wildman–Crippen MR) is 115 cm³/mol. The van der Waals surface area contributed by atoms with E-state index in [2.05, 4.69) is 4.72 Å². The Morgan fingerprint density at radius 1 is 1.07 bits per heavy atom. The van der Waals surface area contributed by atoms with E-state index in [1.54, 1.807) is 36.4 Å². The molecule has 4 rings (SSSR count). The van der Waals surface area contributed by atoms with Crippen molar-refractivity contribution in [2.24, 2.45) is 5.92 Å². The number of benzene rings is 2. The Morgan fingerprint density at radius 2 is 1.80 bits per heavy atom. The third-order valence-electron chi connectivity index (χ3n) is 5.90. The van der Waals surface area contributed by atoms with E-state index < -0.39 is 10.0 Å².